The van der Waals surface area contributed by atoms with Crippen molar-refractivity contribution in [3.05, 3.63) is 64.5 Å². The van der Waals surface area contributed by atoms with Crippen molar-refractivity contribution in [2.45, 2.75) is 0 Å². The fourth-order valence-electron chi connectivity index (χ4n) is 1.79. The van der Waals surface area contributed by atoms with Crippen LogP contribution in [-0.4, -0.2) is 4.98 Å². The second-order valence-electron chi connectivity index (χ2n) is 4.17. The molecular weight excluding hydrogens is 380 g/mol. The predicted octanol–water partition coefficient (Wildman–Crippen LogP) is 5.99. The minimum Gasteiger partial charge on any atom is -0.236 e. The first-order valence-electron chi connectivity index (χ1n) is 5.80. The van der Waals surface area contributed by atoms with Crippen molar-refractivity contribution in [3.63, 3.8) is 0 Å². The second-order valence-corrected chi connectivity index (χ2v) is 5.44. The zero-order chi connectivity index (χ0) is 14.1. The van der Waals surface area contributed by atoms with Crippen LogP contribution in [0.4, 0.5) is 8.78 Å². The van der Waals surface area contributed by atoms with Gasteiger partial charge in [-0.2, -0.15) is 0 Å². The van der Waals surface area contributed by atoms with Crippen molar-refractivity contribution in [2.75, 3.05) is 0 Å². The Morgan fingerprint density at radius 1 is 0.952 bits per heavy atom. The summed E-state index contributed by atoms with van der Waals surface area (Å²) >= 11 is 7.20. The van der Waals surface area contributed by atoms with Crippen LogP contribution >= 0.6 is 39.9 Å². The van der Waals surface area contributed by atoms with Crippen molar-refractivity contribution in [1.29, 1.82) is 0 Å². The number of halogens is 4. The molecule has 21 heavy (non-hydrogen) atoms. The van der Waals surface area contributed by atoms with Crippen molar-refractivity contribution in [3.8, 4) is 21.8 Å². The Morgan fingerprint density at radius 2 is 1.62 bits per heavy atom. The topological polar surface area (TPSA) is 12.9 Å². The highest BCUT2D eigenvalue weighted by molar-refractivity contribution is 8.93. The van der Waals surface area contributed by atoms with Crippen LogP contribution in [-0.2, 0) is 0 Å². The molecule has 1 heterocycles. The van der Waals surface area contributed by atoms with Gasteiger partial charge >= 0.3 is 0 Å². The zero-order valence-corrected chi connectivity index (χ0v) is 13.8. The number of aromatic nitrogens is 1. The number of rotatable bonds is 2. The highest BCUT2D eigenvalue weighted by Crippen LogP contribution is 2.30. The van der Waals surface area contributed by atoms with E-state index < -0.39 is 5.82 Å². The molecular formula is C15H9BrClF2NS. The monoisotopic (exact) mass is 387 g/mol. The van der Waals surface area contributed by atoms with E-state index in [-0.39, 0.29) is 27.8 Å². The summed E-state index contributed by atoms with van der Waals surface area (Å²) in [7, 11) is 0. The molecule has 0 fully saturated rings. The molecule has 1 nitrogen and oxygen atoms in total. The van der Waals surface area contributed by atoms with Gasteiger partial charge in [0.15, 0.2) is 0 Å². The lowest BCUT2D eigenvalue weighted by Gasteiger charge is -1.99. The van der Waals surface area contributed by atoms with E-state index in [1.54, 1.807) is 24.3 Å². The van der Waals surface area contributed by atoms with E-state index in [4.69, 9.17) is 11.6 Å². The summed E-state index contributed by atoms with van der Waals surface area (Å²) in [6, 6.07) is 10.6. The Balaban J connectivity index is 0.00000161. The molecule has 0 N–H and O–H groups in total. The second kappa shape index (κ2) is 6.64. The molecule has 0 saturated carbocycles. The van der Waals surface area contributed by atoms with Gasteiger partial charge in [0.1, 0.15) is 16.6 Å². The third kappa shape index (κ3) is 3.48. The average Bonchev–Trinajstić information content (AvgIpc) is 2.92. The molecule has 3 aromatic rings. The molecule has 2 aromatic carbocycles. The lowest BCUT2D eigenvalue weighted by Crippen LogP contribution is -1.82. The lowest BCUT2D eigenvalue weighted by molar-refractivity contribution is 0.628. The van der Waals surface area contributed by atoms with Gasteiger partial charge < -0.3 is 0 Å². The highest BCUT2D eigenvalue weighted by Gasteiger charge is 2.09. The highest BCUT2D eigenvalue weighted by atomic mass is 79.9. The summed E-state index contributed by atoms with van der Waals surface area (Å²) < 4.78 is 26.0. The minimum atomic E-state index is -0.453. The Bertz CT molecular complexity index is 759. The normalized spacial score (nSPS) is 10.2. The van der Waals surface area contributed by atoms with Gasteiger partial charge in [-0.15, -0.1) is 28.3 Å². The number of hydrogen-bond acceptors (Lipinski definition) is 2. The van der Waals surface area contributed by atoms with Gasteiger partial charge in [-0.1, -0.05) is 11.6 Å². The predicted molar refractivity (Wildman–Crippen MR) is 88.2 cm³/mol. The Morgan fingerprint density at radius 3 is 2.29 bits per heavy atom. The van der Waals surface area contributed by atoms with E-state index in [0.717, 1.165) is 21.8 Å². The summed E-state index contributed by atoms with van der Waals surface area (Å²) in [5, 5.41) is 2.69. The Hall–Kier alpha value is -1.30. The van der Waals surface area contributed by atoms with Gasteiger partial charge in [0.05, 0.1) is 10.7 Å². The molecule has 1 aromatic heterocycles. The van der Waals surface area contributed by atoms with Crippen molar-refractivity contribution < 1.29 is 8.78 Å². The average molecular weight is 389 g/mol. The molecule has 0 atom stereocenters. The SMILES string of the molecule is Br.Fc1ccc(-c2csc(-c3ccc(F)c(Cl)c3)n2)cc1. The van der Waals surface area contributed by atoms with Crippen molar-refractivity contribution in [2.24, 2.45) is 0 Å². The Labute approximate surface area is 140 Å². The van der Waals surface area contributed by atoms with Gasteiger partial charge in [-0.25, -0.2) is 13.8 Å². The van der Waals surface area contributed by atoms with E-state index in [9.17, 15) is 8.78 Å². The van der Waals surface area contributed by atoms with Gasteiger partial charge in [0, 0.05) is 16.5 Å². The number of thiazole rings is 1. The summed E-state index contributed by atoms with van der Waals surface area (Å²) in [5.74, 6) is -0.736. The van der Waals surface area contributed by atoms with E-state index in [0.29, 0.717) is 0 Å². The standard InChI is InChI=1S/C15H8ClF2NS.BrH/c16-12-7-10(3-6-13(12)18)15-19-14(8-20-15)9-1-4-11(17)5-2-9;/h1-8H;1H. The molecule has 0 unspecified atom stereocenters. The molecule has 0 radical (unpaired) electrons. The van der Waals surface area contributed by atoms with Crippen LogP contribution in [0.3, 0.4) is 0 Å². The summed E-state index contributed by atoms with van der Waals surface area (Å²) in [6.45, 7) is 0. The summed E-state index contributed by atoms with van der Waals surface area (Å²) in [6.07, 6.45) is 0. The molecule has 6 heteroatoms. The third-order valence-corrected chi connectivity index (χ3v) is 3.99. The molecule has 0 aliphatic carbocycles. The van der Waals surface area contributed by atoms with Crippen LogP contribution < -0.4 is 0 Å². The van der Waals surface area contributed by atoms with Gasteiger partial charge in [-0.3, -0.25) is 0 Å². The molecule has 108 valence electrons. The first-order chi connectivity index (χ1) is 9.63. The molecule has 3 rings (SSSR count). The van der Waals surface area contributed by atoms with Crippen LogP contribution in [0.5, 0.6) is 0 Å². The van der Waals surface area contributed by atoms with E-state index >= 15 is 0 Å². The van der Waals surface area contributed by atoms with Crippen molar-refractivity contribution in [1.82, 2.24) is 4.98 Å². The van der Waals surface area contributed by atoms with Crippen LogP contribution in [0.15, 0.2) is 47.8 Å². The first kappa shape index (κ1) is 16.1. The quantitative estimate of drug-likeness (QED) is 0.526. The molecule has 0 bridgehead atoms. The van der Waals surface area contributed by atoms with E-state index in [1.807, 2.05) is 5.38 Å². The fourth-order valence-corrected chi connectivity index (χ4v) is 2.80. The summed E-state index contributed by atoms with van der Waals surface area (Å²) in [5.41, 5.74) is 2.35. The number of nitrogens with zero attached hydrogens (tertiary/aromatic N) is 1. The molecule has 0 spiro atoms. The fraction of sp³-hybridized carbons (Fsp3) is 0. The van der Waals surface area contributed by atoms with Gasteiger partial charge in [0.2, 0.25) is 0 Å². The molecule has 0 amide bonds. The van der Waals surface area contributed by atoms with Crippen LogP contribution in [0.2, 0.25) is 5.02 Å². The first-order valence-corrected chi connectivity index (χ1v) is 7.06. The minimum absolute atomic E-state index is 0. The summed E-state index contributed by atoms with van der Waals surface area (Å²) in [4.78, 5) is 4.47. The Kier molecular flexibility index (Phi) is 5.08. The maximum absolute atomic E-state index is 13.1. The zero-order valence-electron chi connectivity index (χ0n) is 10.5. The molecule has 0 aliphatic heterocycles. The number of benzene rings is 2. The van der Waals surface area contributed by atoms with Crippen LogP contribution in [0.25, 0.3) is 21.8 Å². The smallest absolute Gasteiger partial charge is 0.141 e. The molecule has 0 aliphatic rings. The van der Waals surface area contributed by atoms with Gasteiger partial charge in [-0.05, 0) is 42.5 Å². The van der Waals surface area contributed by atoms with E-state index in [1.165, 1.54) is 29.5 Å². The number of hydrogen-bond donors (Lipinski definition) is 0. The maximum Gasteiger partial charge on any atom is 0.141 e. The van der Waals surface area contributed by atoms with E-state index in [2.05, 4.69) is 4.98 Å². The van der Waals surface area contributed by atoms with Crippen LogP contribution in [0, 0.1) is 11.6 Å². The maximum atomic E-state index is 13.1. The van der Waals surface area contributed by atoms with Gasteiger partial charge in [0.25, 0.3) is 0 Å². The lowest BCUT2D eigenvalue weighted by atomic mass is 10.2. The van der Waals surface area contributed by atoms with Crippen LogP contribution in [0.1, 0.15) is 0 Å². The molecule has 0 saturated heterocycles. The van der Waals surface area contributed by atoms with Crippen molar-refractivity contribution >= 4 is 39.9 Å². The third-order valence-electron chi connectivity index (χ3n) is 2.81. The largest absolute Gasteiger partial charge is 0.236 e.